The lowest BCUT2D eigenvalue weighted by molar-refractivity contribution is 0.0354. The molecule has 2 unspecified atom stereocenters. The summed E-state index contributed by atoms with van der Waals surface area (Å²) in [4.78, 5) is 0. The molecule has 0 saturated heterocycles. The van der Waals surface area contributed by atoms with E-state index >= 15 is 0 Å². The summed E-state index contributed by atoms with van der Waals surface area (Å²) in [7, 11) is 3.70. The van der Waals surface area contributed by atoms with E-state index in [9.17, 15) is 0 Å². The highest BCUT2D eigenvalue weighted by atomic mass is 35.5. The summed E-state index contributed by atoms with van der Waals surface area (Å²) in [5.41, 5.74) is 1.09. The molecule has 2 nitrogen and oxygen atoms in total. The van der Waals surface area contributed by atoms with E-state index in [1.165, 1.54) is 0 Å². The summed E-state index contributed by atoms with van der Waals surface area (Å²) in [6.45, 7) is 4.31. The third kappa shape index (κ3) is 4.13. The number of methoxy groups -OCH3 is 1. The summed E-state index contributed by atoms with van der Waals surface area (Å²) in [5.74, 6) is 0.443. The van der Waals surface area contributed by atoms with Crippen LogP contribution in [0.2, 0.25) is 10.0 Å². The third-order valence-corrected chi connectivity index (χ3v) is 3.74. The number of rotatable bonds is 6. The number of benzene rings is 1. The van der Waals surface area contributed by atoms with Crippen molar-refractivity contribution in [1.29, 1.82) is 0 Å². The second kappa shape index (κ2) is 7.34. The van der Waals surface area contributed by atoms with Gasteiger partial charge in [0.2, 0.25) is 0 Å². The van der Waals surface area contributed by atoms with Crippen molar-refractivity contribution in [2.45, 2.75) is 32.4 Å². The smallest absolute Gasteiger partial charge is 0.0750 e. The Morgan fingerprint density at radius 1 is 1.28 bits per heavy atom. The van der Waals surface area contributed by atoms with Gasteiger partial charge in [0, 0.05) is 23.2 Å². The molecule has 0 aliphatic rings. The van der Waals surface area contributed by atoms with Crippen molar-refractivity contribution >= 4 is 23.2 Å². The van der Waals surface area contributed by atoms with Gasteiger partial charge in [-0.3, -0.25) is 0 Å². The largest absolute Gasteiger partial charge is 0.380 e. The maximum atomic E-state index is 6.20. The van der Waals surface area contributed by atoms with Gasteiger partial charge < -0.3 is 10.1 Å². The zero-order chi connectivity index (χ0) is 13.7. The molecule has 18 heavy (non-hydrogen) atoms. The van der Waals surface area contributed by atoms with Gasteiger partial charge in [-0.05, 0) is 37.1 Å². The van der Waals surface area contributed by atoms with Crippen molar-refractivity contribution in [3.8, 4) is 0 Å². The summed E-state index contributed by atoms with van der Waals surface area (Å²) in [5, 5.41) is 4.68. The van der Waals surface area contributed by atoms with Crippen LogP contribution in [-0.2, 0) is 11.2 Å². The Bertz CT molecular complexity index is 382. The van der Waals surface area contributed by atoms with Crippen LogP contribution in [0.5, 0.6) is 0 Å². The molecule has 0 aromatic heterocycles. The highest BCUT2D eigenvalue weighted by Crippen LogP contribution is 2.24. The van der Waals surface area contributed by atoms with Crippen molar-refractivity contribution in [2.24, 2.45) is 5.92 Å². The van der Waals surface area contributed by atoms with Crippen LogP contribution in [0.25, 0.3) is 0 Å². The van der Waals surface area contributed by atoms with E-state index in [0.29, 0.717) is 16.0 Å². The van der Waals surface area contributed by atoms with Gasteiger partial charge in [-0.1, -0.05) is 43.1 Å². The Morgan fingerprint density at radius 2 is 1.94 bits per heavy atom. The Balaban J connectivity index is 2.85. The fraction of sp³-hybridized carbons (Fsp3) is 0.571. The minimum Gasteiger partial charge on any atom is -0.380 e. The fourth-order valence-electron chi connectivity index (χ4n) is 2.21. The van der Waals surface area contributed by atoms with Crippen molar-refractivity contribution in [1.82, 2.24) is 5.32 Å². The summed E-state index contributed by atoms with van der Waals surface area (Å²) in [6.07, 6.45) is 0.977. The van der Waals surface area contributed by atoms with E-state index in [4.69, 9.17) is 27.9 Å². The molecule has 102 valence electrons. The summed E-state index contributed by atoms with van der Waals surface area (Å²) >= 11 is 12.1. The van der Waals surface area contributed by atoms with Crippen LogP contribution in [-0.4, -0.2) is 26.3 Å². The molecule has 1 N–H and O–H groups in total. The van der Waals surface area contributed by atoms with Crippen molar-refractivity contribution < 1.29 is 4.74 Å². The number of ether oxygens (including phenoxy) is 1. The highest BCUT2D eigenvalue weighted by molar-refractivity contribution is 6.35. The SMILES string of the molecule is CNC(Cc1ccc(Cl)cc1Cl)C(OC)C(C)C. The van der Waals surface area contributed by atoms with Crippen LogP contribution in [0.1, 0.15) is 19.4 Å². The molecule has 0 radical (unpaired) electrons. The quantitative estimate of drug-likeness (QED) is 0.860. The molecule has 0 aliphatic carbocycles. The van der Waals surface area contributed by atoms with E-state index in [1.54, 1.807) is 13.2 Å². The lowest BCUT2D eigenvalue weighted by Crippen LogP contribution is -2.43. The first-order chi connectivity index (χ1) is 8.49. The molecular weight excluding hydrogens is 269 g/mol. The second-order valence-corrected chi connectivity index (χ2v) is 5.62. The van der Waals surface area contributed by atoms with Crippen LogP contribution < -0.4 is 5.32 Å². The number of nitrogens with one attached hydrogen (secondary N) is 1. The van der Waals surface area contributed by atoms with Gasteiger partial charge >= 0.3 is 0 Å². The Kier molecular flexibility index (Phi) is 6.44. The maximum absolute atomic E-state index is 6.20. The van der Waals surface area contributed by atoms with Gasteiger partial charge in [-0.15, -0.1) is 0 Å². The van der Waals surface area contributed by atoms with Crippen LogP contribution in [0.3, 0.4) is 0 Å². The molecule has 0 bridgehead atoms. The topological polar surface area (TPSA) is 21.3 Å². The predicted molar refractivity (Wildman–Crippen MR) is 78.6 cm³/mol. The second-order valence-electron chi connectivity index (χ2n) is 4.78. The van der Waals surface area contributed by atoms with Gasteiger partial charge in [0.05, 0.1) is 6.10 Å². The van der Waals surface area contributed by atoms with Gasteiger partial charge in [-0.2, -0.15) is 0 Å². The zero-order valence-electron chi connectivity index (χ0n) is 11.3. The number of hydrogen-bond donors (Lipinski definition) is 1. The predicted octanol–water partition coefficient (Wildman–Crippen LogP) is 3.79. The Morgan fingerprint density at radius 3 is 2.39 bits per heavy atom. The third-order valence-electron chi connectivity index (χ3n) is 3.15. The van der Waals surface area contributed by atoms with Crippen molar-refractivity contribution in [2.75, 3.05) is 14.2 Å². The molecule has 1 aromatic carbocycles. The van der Waals surface area contributed by atoms with Gasteiger partial charge in [0.1, 0.15) is 0 Å². The standard InChI is InChI=1S/C14H21Cl2NO/c1-9(2)14(18-4)13(17-3)7-10-5-6-11(15)8-12(10)16/h5-6,8-9,13-14,17H,7H2,1-4H3. The Hall–Kier alpha value is -0.280. The maximum Gasteiger partial charge on any atom is 0.0750 e. The number of halogens is 2. The highest BCUT2D eigenvalue weighted by Gasteiger charge is 2.23. The van der Waals surface area contributed by atoms with Gasteiger partial charge in [0.15, 0.2) is 0 Å². The average Bonchev–Trinajstić information content (AvgIpc) is 2.31. The van der Waals surface area contributed by atoms with E-state index < -0.39 is 0 Å². The molecule has 0 amide bonds. The molecule has 2 atom stereocenters. The van der Waals surface area contributed by atoms with Gasteiger partial charge in [0.25, 0.3) is 0 Å². The van der Waals surface area contributed by atoms with E-state index in [2.05, 4.69) is 19.2 Å². The van der Waals surface area contributed by atoms with Crippen LogP contribution in [0.15, 0.2) is 18.2 Å². The molecular formula is C14H21Cl2NO. The molecule has 0 aliphatic heterocycles. The monoisotopic (exact) mass is 289 g/mol. The molecule has 1 rings (SSSR count). The van der Waals surface area contributed by atoms with Crippen LogP contribution in [0.4, 0.5) is 0 Å². The molecule has 0 fully saturated rings. The normalized spacial score (nSPS) is 14.8. The van der Waals surface area contributed by atoms with Gasteiger partial charge in [-0.25, -0.2) is 0 Å². The Labute approximate surface area is 120 Å². The number of hydrogen-bond acceptors (Lipinski definition) is 2. The average molecular weight is 290 g/mol. The lowest BCUT2D eigenvalue weighted by atomic mass is 9.94. The van der Waals surface area contributed by atoms with Crippen molar-refractivity contribution in [3.63, 3.8) is 0 Å². The molecule has 4 heteroatoms. The minimum atomic E-state index is 0.154. The summed E-state index contributed by atoms with van der Waals surface area (Å²) < 4.78 is 5.57. The molecule has 0 heterocycles. The molecule has 0 saturated carbocycles. The van der Waals surface area contributed by atoms with Crippen LogP contribution >= 0.6 is 23.2 Å². The number of likely N-dealkylation sites (N-methyl/N-ethyl adjacent to an activating group) is 1. The minimum absolute atomic E-state index is 0.154. The first kappa shape index (κ1) is 15.8. The molecule has 1 aromatic rings. The fourth-order valence-corrected chi connectivity index (χ4v) is 2.69. The van der Waals surface area contributed by atoms with Crippen LogP contribution in [0, 0.1) is 5.92 Å². The van der Waals surface area contributed by atoms with Crippen molar-refractivity contribution in [3.05, 3.63) is 33.8 Å². The zero-order valence-corrected chi connectivity index (χ0v) is 12.8. The first-order valence-corrected chi connectivity index (χ1v) is 6.89. The lowest BCUT2D eigenvalue weighted by Gasteiger charge is -2.29. The molecule has 0 spiro atoms. The van der Waals surface area contributed by atoms with E-state index in [-0.39, 0.29) is 12.1 Å². The first-order valence-electron chi connectivity index (χ1n) is 6.13. The van der Waals surface area contributed by atoms with E-state index in [0.717, 1.165) is 12.0 Å². The van der Waals surface area contributed by atoms with E-state index in [1.807, 2.05) is 19.2 Å². The summed E-state index contributed by atoms with van der Waals surface area (Å²) in [6, 6.07) is 5.85.